The van der Waals surface area contributed by atoms with E-state index in [1.165, 1.54) is 6.20 Å². The summed E-state index contributed by atoms with van der Waals surface area (Å²) in [6.07, 6.45) is 3.90. The van der Waals surface area contributed by atoms with Gasteiger partial charge in [0.05, 0.1) is 18.2 Å². The van der Waals surface area contributed by atoms with Crippen LogP contribution in [-0.2, 0) is 4.79 Å². The van der Waals surface area contributed by atoms with Crippen molar-refractivity contribution in [3.63, 3.8) is 0 Å². The van der Waals surface area contributed by atoms with Crippen LogP contribution in [0.2, 0.25) is 5.02 Å². The fourth-order valence-corrected chi connectivity index (χ4v) is 4.57. The largest absolute Gasteiger partial charge is 0.486 e. The number of fused-ring (bicyclic) bond motifs is 1. The maximum Gasteiger partial charge on any atom is 0.294 e. The minimum atomic E-state index is -0.812. The van der Waals surface area contributed by atoms with Crippen molar-refractivity contribution in [2.45, 2.75) is 37.8 Å². The number of halogens is 1. The van der Waals surface area contributed by atoms with Crippen LogP contribution in [-0.4, -0.2) is 71.4 Å². The molecule has 2 heterocycles. The Bertz CT molecular complexity index is 1230. The molecular weight excluding hydrogens is 500 g/mol. The van der Waals surface area contributed by atoms with E-state index in [-0.39, 0.29) is 42.3 Å². The number of aromatic nitrogens is 1. The number of ether oxygens (including phenoxy) is 1. The summed E-state index contributed by atoms with van der Waals surface area (Å²) in [6.45, 7) is -0.748. The van der Waals surface area contributed by atoms with Crippen LogP contribution in [0.1, 0.15) is 36.2 Å². The average Bonchev–Trinajstić information content (AvgIpc) is 3.26. The Balaban J connectivity index is 1.64. The molecule has 1 fully saturated rings. The molecular formula is C26H31ClN4O6. The number of aliphatic hydroxyl groups is 2. The third-order valence-corrected chi connectivity index (χ3v) is 6.81. The van der Waals surface area contributed by atoms with Crippen molar-refractivity contribution in [3.05, 3.63) is 47.3 Å². The SMILES string of the molecule is CN(C)[C@H]1CC[C@@H](C(=O)Nc2c(C(=O)Nc3ccc(Cl)cn3)oc3ccc(OC(CO)CO)cc23)CC1. The quantitative estimate of drug-likeness (QED) is 0.330. The van der Waals surface area contributed by atoms with Gasteiger partial charge in [-0.1, -0.05) is 11.6 Å². The van der Waals surface area contributed by atoms with Crippen molar-refractivity contribution in [3.8, 4) is 5.75 Å². The van der Waals surface area contributed by atoms with E-state index in [1.807, 2.05) is 14.1 Å². The van der Waals surface area contributed by atoms with E-state index in [4.69, 9.17) is 20.8 Å². The highest BCUT2D eigenvalue weighted by molar-refractivity contribution is 6.30. The zero-order valence-corrected chi connectivity index (χ0v) is 21.5. The molecule has 37 heavy (non-hydrogen) atoms. The monoisotopic (exact) mass is 530 g/mol. The molecule has 0 unspecified atom stereocenters. The molecule has 198 valence electrons. The maximum absolute atomic E-state index is 13.3. The van der Waals surface area contributed by atoms with Gasteiger partial charge in [-0.25, -0.2) is 4.98 Å². The number of carbonyl (C=O) groups excluding carboxylic acids is 2. The highest BCUT2D eigenvalue weighted by atomic mass is 35.5. The molecule has 0 saturated heterocycles. The lowest BCUT2D eigenvalue weighted by molar-refractivity contribution is -0.121. The molecule has 1 aliphatic carbocycles. The molecule has 11 heteroatoms. The van der Waals surface area contributed by atoms with E-state index in [0.717, 1.165) is 25.7 Å². The minimum absolute atomic E-state index is 0.0832. The number of aliphatic hydroxyl groups excluding tert-OH is 2. The summed E-state index contributed by atoms with van der Waals surface area (Å²) >= 11 is 5.89. The normalized spacial score (nSPS) is 17.8. The van der Waals surface area contributed by atoms with E-state index >= 15 is 0 Å². The minimum Gasteiger partial charge on any atom is -0.486 e. The predicted molar refractivity (Wildman–Crippen MR) is 140 cm³/mol. The van der Waals surface area contributed by atoms with E-state index < -0.39 is 12.0 Å². The standard InChI is InChI=1S/C26H31ClN4O6/c1-31(2)17-6-3-15(4-7-17)25(34)30-23-20-11-18(36-19(13-32)14-33)8-9-21(20)37-24(23)26(35)29-22-10-5-16(27)12-28-22/h5,8-12,15,17,19,32-33H,3-4,6-7,13-14H2,1-2H3,(H,30,34)(H,28,29,35)/t15-,17+. The van der Waals surface area contributed by atoms with Crippen molar-refractivity contribution in [1.82, 2.24) is 9.88 Å². The number of nitrogens with one attached hydrogen (secondary N) is 2. The molecule has 1 aliphatic rings. The van der Waals surface area contributed by atoms with Gasteiger partial charge in [-0.2, -0.15) is 0 Å². The molecule has 10 nitrogen and oxygen atoms in total. The Morgan fingerprint density at radius 1 is 1.14 bits per heavy atom. The van der Waals surface area contributed by atoms with E-state index in [0.29, 0.717) is 27.8 Å². The van der Waals surface area contributed by atoms with Gasteiger partial charge in [0.1, 0.15) is 28.9 Å². The average molecular weight is 531 g/mol. The first-order chi connectivity index (χ1) is 17.8. The molecule has 0 spiro atoms. The van der Waals surface area contributed by atoms with Gasteiger partial charge in [0.25, 0.3) is 5.91 Å². The van der Waals surface area contributed by atoms with Gasteiger partial charge in [-0.05, 0) is 70.1 Å². The number of furan rings is 1. The van der Waals surface area contributed by atoms with Crippen molar-refractivity contribution >= 4 is 45.9 Å². The molecule has 1 aromatic carbocycles. The van der Waals surface area contributed by atoms with Gasteiger partial charge in [0.2, 0.25) is 11.7 Å². The summed E-state index contributed by atoms with van der Waals surface area (Å²) in [4.78, 5) is 32.7. The number of nitrogens with zero attached hydrogens (tertiary/aromatic N) is 2. The van der Waals surface area contributed by atoms with Gasteiger partial charge < -0.3 is 34.9 Å². The topological polar surface area (TPSA) is 137 Å². The molecule has 2 amide bonds. The lowest BCUT2D eigenvalue weighted by atomic mass is 9.85. The lowest BCUT2D eigenvalue weighted by Crippen LogP contribution is -2.35. The highest BCUT2D eigenvalue weighted by Crippen LogP contribution is 2.36. The van der Waals surface area contributed by atoms with E-state index in [1.54, 1.807) is 30.3 Å². The Kier molecular flexibility index (Phi) is 8.65. The summed E-state index contributed by atoms with van der Waals surface area (Å²) in [5.41, 5.74) is 0.578. The van der Waals surface area contributed by atoms with Crippen LogP contribution in [0, 0.1) is 5.92 Å². The van der Waals surface area contributed by atoms with Gasteiger partial charge in [0, 0.05) is 23.5 Å². The van der Waals surface area contributed by atoms with Crippen LogP contribution >= 0.6 is 11.6 Å². The number of hydrogen-bond acceptors (Lipinski definition) is 8. The van der Waals surface area contributed by atoms with Gasteiger partial charge in [-0.3, -0.25) is 9.59 Å². The van der Waals surface area contributed by atoms with E-state index in [9.17, 15) is 19.8 Å². The summed E-state index contributed by atoms with van der Waals surface area (Å²) < 4.78 is 11.5. The third kappa shape index (κ3) is 6.40. The highest BCUT2D eigenvalue weighted by Gasteiger charge is 2.30. The van der Waals surface area contributed by atoms with Gasteiger partial charge >= 0.3 is 0 Å². The van der Waals surface area contributed by atoms with Crippen LogP contribution in [0.15, 0.2) is 40.9 Å². The molecule has 4 rings (SSSR count). The Morgan fingerprint density at radius 3 is 2.49 bits per heavy atom. The summed E-state index contributed by atoms with van der Waals surface area (Å²) in [7, 11) is 4.09. The maximum atomic E-state index is 13.3. The fraction of sp³-hybridized carbons (Fsp3) is 0.423. The first kappa shape index (κ1) is 26.9. The molecule has 1 saturated carbocycles. The zero-order chi connectivity index (χ0) is 26.5. The Morgan fingerprint density at radius 2 is 1.86 bits per heavy atom. The van der Waals surface area contributed by atoms with Crippen LogP contribution in [0.4, 0.5) is 11.5 Å². The Hall–Kier alpha value is -3.18. The molecule has 0 aliphatic heterocycles. The first-order valence-electron chi connectivity index (χ1n) is 12.1. The van der Waals surface area contributed by atoms with E-state index in [2.05, 4.69) is 20.5 Å². The number of rotatable bonds is 9. The number of anilines is 2. The first-order valence-corrected chi connectivity index (χ1v) is 12.5. The second-order valence-electron chi connectivity index (χ2n) is 9.34. The summed E-state index contributed by atoms with van der Waals surface area (Å²) in [6, 6.07) is 8.40. The third-order valence-electron chi connectivity index (χ3n) is 6.59. The zero-order valence-electron chi connectivity index (χ0n) is 20.7. The van der Waals surface area contributed by atoms with Crippen molar-refractivity contribution < 1.29 is 29.0 Å². The lowest BCUT2D eigenvalue weighted by Gasteiger charge is -2.31. The molecule has 0 bridgehead atoms. The van der Waals surface area contributed by atoms with Crippen molar-refractivity contribution in [1.29, 1.82) is 0 Å². The van der Waals surface area contributed by atoms with Crippen molar-refractivity contribution in [2.24, 2.45) is 5.92 Å². The number of carbonyl (C=O) groups is 2. The van der Waals surface area contributed by atoms with Crippen LogP contribution in [0.3, 0.4) is 0 Å². The van der Waals surface area contributed by atoms with Crippen molar-refractivity contribution in [2.75, 3.05) is 37.9 Å². The molecule has 4 N–H and O–H groups in total. The number of benzene rings is 1. The number of pyridine rings is 1. The van der Waals surface area contributed by atoms with Crippen LogP contribution in [0.5, 0.6) is 5.75 Å². The summed E-state index contributed by atoms with van der Waals surface area (Å²) in [5, 5.41) is 25.2. The van der Waals surface area contributed by atoms with Gasteiger partial charge in [-0.15, -0.1) is 0 Å². The smallest absolute Gasteiger partial charge is 0.294 e. The molecule has 0 radical (unpaired) electrons. The summed E-state index contributed by atoms with van der Waals surface area (Å²) in [5.74, 6) is -0.443. The molecule has 3 aromatic rings. The fourth-order valence-electron chi connectivity index (χ4n) is 4.46. The second-order valence-corrected chi connectivity index (χ2v) is 9.78. The molecule has 2 aromatic heterocycles. The van der Waals surface area contributed by atoms with Crippen LogP contribution in [0.25, 0.3) is 11.0 Å². The molecule has 0 atom stereocenters. The predicted octanol–water partition coefficient (Wildman–Crippen LogP) is 3.52. The second kappa shape index (κ2) is 11.9. The Labute approximate surface area is 219 Å². The number of amides is 2. The number of hydrogen-bond donors (Lipinski definition) is 4. The van der Waals surface area contributed by atoms with Gasteiger partial charge in [0.15, 0.2) is 0 Å². The van der Waals surface area contributed by atoms with Crippen LogP contribution < -0.4 is 15.4 Å².